The number of thioether (sulfide) groups is 1. The summed E-state index contributed by atoms with van der Waals surface area (Å²) in [5.74, 6) is 2.49. The van der Waals surface area contributed by atoms with Crippen molar-refractivity contribution in [3.05, 3.63) is 18.6 Å². The highest BCUT2D eigenvalue weighted by molar-refractivity contribution is 7.98. The van der Waals surface area contributed by atoms with Crippen molar-refractivity contribution >= 4 is 29.0 Å². The minimum absolute atomic E-state index is 0.409. The van der Waals surface area contributed by atoms with E-state index in [0.717, 1.165) is 23.6 Å². The highest BCUT2D eigenvalue weighted by atomic mass is 32.2. The fourth-order valence-electron chi connectivity index (χ4n) is 1.86. The monoisotopic (exact) mass is 265 g/mol. The van der Waals surface area contributed by atoms with E-state index in [4.69, 9.17) is 5.73 Å². The number of hydrogen-bond acceptors (Lipinski definition) is 5. The minimum Gasteiger partial charge on any atom is -0.382 e. The summed E-state index contributed by atoms with van der Waals surface area (Å²) >= 11 is 1.86. The molecule has 1 atom stereocenters. The summed E-state index contributed by atoms with van der Waals surface area (Å²) in [6.45, 7) is 2.19. The van der Waals surface area contributed by atoms with Gasteiger partial charge >= 0.3 is 0 Å². The standard InChI is InChI=1S/C12H19N5S/c1-9(4-7-18-3)16(2)12-11-14-5-6-17(11)8-10(13)15-12/h5-6,8-9H,4,7,13H2,1-3H3. The number of imidazole rings is 1. The van der Waals surface area contributed by atoms with E-state index in [1.807, 2.05) is 29.4 Å². The second-order valence-corrected chi connectivity index (χ2v) is 5.37. The largest absolute Gasteiger partial charge is 0.382 e. The Labute approximate surface area is 111 Å². The van der Waals surface area contributed by atoms with Crippen molar-refractivity contribution in [1.82, 2.24) is 14.4 Å². The number of nitrogen functional groups attached to an aromatic ring is 1. The third kappa shape index (κ3) is 2.53. The molecule has 0 aliphatic heterocycles. The zero-order valence-electron chi connectivity index (χ0n) is 11.0. The van der Waals surface area contributed by atoms with Gasteiger partial charge in [-0.1, -0.05) is 0 Å². The first-order chi connectivity index (χ1) is 8.63. The predicted octanol–water partition coefficient (Wildman–Crippen LogP) is 1.89. The molecule has 0 aliphatic rings. The molecular weight excluding hydrogens is 246 g/mol. The molecule has 1 unspecified atom stereocenters. The summed E-state index contributed by atoms with van der Waals surface area (Å²) in [7, 11) is 2.04. The Morgan fingerprint density at radius 3 is 3.06 bits per heavy atom. The van der Waals surface area contributed by atoms with Crippen LogP contribution < -0.4 is 10.6 Å². The molecule has 0 amide bonds. The smallest absolute Gasteiger partial charge is 0.180 e. The molecule has 0 spiro atoms. The maximum absolute atomic E-state index is 5.83. The third-order valence-corrected chi connectivity index (χ3v) is 3.75. The molecule has 98 valence electrons. The number of nitrogens with two attached hydrogens (primary N) is 1. The lowest BCUT2D eigenvalue weighted by atomic mass is 10.2. The van der Waals surface area contributed by atoms with Crippen LogP contribution >= 0.6 is 11.8 Å². The maximum Gasteiger partial charge on any atom is 0.180 e. The van der Waals surface area contributed by atoms with Crippen LogP contribution in [-0.4, -0.2) is 39.5 Å². The molecule has 0 saturated carbocycles. The summed E-state index contributed by atoms with van der Waals surface area (Å²) in [6.07, 6.45) is 8.67. The van der Waals surface area contributed by atoms with Gasteiger partial charge in [-0.2, -0.15) is 11.8 Å². The maximum atomic E-state index is 5.83. The molecule has 2 N–H and O–H groups in total. The van der Waals surface area contributed by atoms with Crippen LogP contribution in [0.3, 0.4) is 0 Å². The van der Waals surface area contributed by atoms with Crippen LogP contribution in [0.2, 0.25) is 0 Å². The highest BCUT2D eigenvalue weighted by Crippen LogP contribution is 2.21. The third-order valence-electron chi connectivity index (χ3n) is 3.11. The van der Waals surface area contributed by atoms with Crippen LogP contribution in [0.1, 0.15) is 13.3 Å². The molecule has 2 heterocycles. The molecule has 0 radical (unpaired) electrons. The average molecular weight is 265 g/mol. The number of fused-ring (bicyclic) bond motifs is 1. The number of anilines is 2. The molecule has 2 aromatic heterocycles. The second-order valence-electron chi connectivity index (χ2n) is 4.39. The Kier molecular flexibility index (Phi) is 3.96. The molecule has 0 aromatic carbocycles. The van der Waals surface area contributed by atoms with Crippen LogP contribution in [0.4, 0.5) is 11.6 Å². The lowest BCUT2D eigenvalue weighted by Gasteiger charge is -2.26. The Morgan fingerprint density at radius 2 is 2.33 bits per heavy atom. The van der Waals surface area contributed by atoms with E-state index >= 15 is 0 Å². The summed E-state index contributed by atoms with van der Waals surface area (Å²) in [5.41, 5.74) is 6.68. The molecule has 0 saturated heterocycles. The van der Waals surface area contributed by atoms with Gasteiger partial charge in [0.05, 0.1) is 6.20 Å². The molecule has 18 heavy (non-hydrogen) atoms. The van der Waals surface area contributed by atoms with Gasteiger partial charge < -0.3 is 15.0 Å². The SMILES string of the molecule is CSCCC(C)N(C)c1nc(N)cn2ccnc12. The fourth-order valence-corrected chi connectivity index (χ4v) is 2.44. The molecule has 0 fully saturated rings. The fraction of sp³-hybridized carbons (Fsp3) is 0.500. The summed E-state index contributed by atoms with van der Waals surface area (Å²) in [4.78, 5) is 10.9. The van der Waals surface area contributed by atoms with Gasteiger partial charge in [-0.05, 0) is 25.4 Å². The molecule has 5 nitrogen and oxygen atoms in total. The number of hydrogen-bond donors (Lipinski definition) is 1. The highest BCUT2D eigenvalue weighted by Gasteiger charge is 2.15. The van der Waals surface area contributed by atoms with Gasteiger partial charge in [0, 0.05) is 25.5 Å². The van der Waals surface area contributed by atoms with Crippen molar-refractivity contribution < 1.29 is 0 Å². The Hall–Kier alpha value is -1.43. The normalized spacial score (nSPS) is 12.8. The number of aromatic nitrogens is 3. The lowest BCUT2D eigenvalue weighted by molar-refractivity contribution is 0.663. The van der Waals surface area contributed by atoms with Crippen LogP contribution in [-0.2, 0) is 0 Å². The van der Waals surface area contributed by atoms with E-state index in [9.17, 15) is 0 Å². The summed E-state index contributed by atoms with van der Waals surface area (Å²) in [5, 5.41) is 0. The van der Waals surface area contributed by atoms with Crippen LogP contribution in [0, 0.1) is 0 Å². The Balaban J connectivity index is 2.31. The molecule has 6 heteroatoms. The van der Waals surface area contributed by atoms with Crippen molar-refractivity contribution in [3.8, 4) is 0 Å². The van der Waals surface area contributed by atoms with Gasteiger partial charge in [-0.25, -0.2) is 9.97 Å². The van der Waals surface area contributed by atoms with Gasteiger partial charge in [0.2, 0.25) is 0 Å². The van der Waals surface area contributed by atoms with E-state index in [2.05, 4.69) is 28.0 Å². The Morgan fingerprint density at radius 1 is 1.56 bits per heavy atom. The van der Waals surface area contributed by atoms with Crippen molar-refractivity contribution in [2.75, 3.05) is 29.7 Å². The van der Waals surface area contributed by atoms with Gasteiger partial charge in [0.15, 0.2) is 11.5 Å². The van der Waals surface area contributed by atoms with Gasteiger partial charge in [-0.3, -0.25) is 0 Å². The van der Waals surface area contributed by atoms with Crippen LogP contribution in [0.25, 0.3) is 5.65 Å². The number of nitrogens with zero attached hydrogens (tertiary/aromatic N) is 4. The van der Waals surface area contributed by atoms with Crippen molar-refractivity contribution in [2.45, 2.75) is 19.4 Å². The van der Waals surface area contributed by atoms with E-state index in [0.29, 0.717) is 11.9 Å². The van der Waals surface area contributed by atoms with E-state index < -0.39 is 0 Å². The van der Waals surface area contributed by atoms with Crippen LogP contribution in [0.5, 0.6) is 0 Å². The van der Waals surface area contributed by atoms with Crippen molar-refractivity contribution in [1.29, 1.82) is 0 Å². The predicted molar refractivity (Wildman–Crippen MR) is 78.3 cm³/mol. The molecular formula is C12H19N5S. The molecule has 0 bridgehead atoms. The summed E-state index contributed by atoms with van der Waals surface area (Å²) in [6, 6.07) is 0.409. The van der Waals surface area contributed by atoms with Crippen molar-refractivity contribution in [2.24, 2.45) is 0 Å². The summed E-state index contributed by atoms with van der Waals surface area (Å²) < 4.78 is 1.91. The molecule has 2 rings (SSSR count). The average Bonchev–Trinajstić information content (AvgIpc) is 2.81. The van der Waals surface area contributed by atoms with E-state index in [1.165, 1.54) is 0 Å². The minimum atomic E-state index is 0.409. The molecule has 2 aromatic rings. The Bertz CT molecular complexity index is 524. The van der Waals surface area contributed by atoms with Crippen molar-refractivity contribution in [3.63, 3.8) is 0 Å². The first-order valence-corrected chi connectivity index (χ1v) is 7.34. The van der Waals surface area contributed by atoms with Gasteiger partial charge in [0.25, 0.3) is 0 Å². The zero-order valence-corrected chi connectivity index (χ0v) is 11.8. The zero-order chi connectivity index (χ0) is 13.1. The van der Waals surface area contributed by atoms with E-state index in [-0.39, 0.29) is 0 Å². The first kappa shape index (κ1) is 13.0. The quantitative estimate of drug-likeness (QED) is 0.894. The second kappa shape index (κ2) is 5.48. The van der Waals surface area contributed by atoms with Gasteiger partial charge in [0.1, 0.15) is 5.82 Å². The van der Waals surface area contributed by atoms with Gasteiger partial charge in [-0.15, -0.1) is 0 Å². The van der Waals surface area contributed by atoms with Crippen LogP contribution in [0.15, 0.2) is 18.6 Å². The van der Waals surface area contributed by atoms with E-state index in [1.54, 1.807) is 12.4 Å². The number of rotatable bonds is 5. The lowest BCUT2D eigenvalue weighted by Crippen LogP contribution is -2.30. The topological polar surface area (TPSA) is 59.5 Å². The molecule has 0 aliphatic carbocycles. The first-order valence-electron chi connectivity index (χ1n) is 5.94.